The molecular weight excluding hydrogens is 434 g/mol. The van der Waals surface area contributed by atoms with Gasteiger partial charge in [-0.1, -0.05) is 15.9 Å². The van der Waals surface area contributed by atoms with Crippen LogP contribution in [0.4, 0.5) is 10.5 Å². The summed E-state index contributed by atoms with van der Waals surface area (Å²) in [5.74, 6) is -0.496. The monoisotopic (exact) mass is 441 g/mol. The second-order valence-corrected chi connectivity index (χ2v) is 6.09. The van der Waals surface area contributed by atoms with Crippen LogP contribution in [0.3, 0.4) is 0 Å². The van der Waals surface area contributed by atoms with Crippen LogP contribution in [0, 0.1) is 0 Å². The zero-order valence-corrected chi connectivity index (χ0v) is 14.0. The fourth-order valence-electron chi connectivity index (χ4n) is 1.19. The molecule has 0 heterocycles. The molecule has 1 rings (SSSR count). The number of carbonyl (C=O) groups excluding carboxylic acids is 2. The van der Waals surface area contributed by atoms with Crippen LogP contribution in [-0.4, -0.2) is 18.0 Å². The summed E-state index contributed by atoms with van der Waals surface area (Å²) in [6, 6.07) is 2.20. The number of benzene rings is 1. The molecule has 1 aromatic rings. The average Bonchev–Trinajstić information content (AvgIpc) is 2.21. The van der Waals surface area contributed by atoms with Crippen molar-refractivity contribution in [2.45, 2.75) is 13.0 Å². The highest BCUT2D eigenvalue weighted by molar-refractivity contribution is 9.11. The van der Waals surface area contributed by atoms with Crippen molar-refractivity contribution in [2.24, 2.45) is 5.73 Å². The molecule has 0 aliphatic rings. The van der Waals surface area contributed by atoms with Gasteiger partial charge < -0.3 is 11.1 Å². The zero-order chi connectivity index (χ0) is 13.9. The Hall–Kier alpha value is -0.600. The highest BCUT2D eigenvalue weighted by Crippen LogP contribution is 2.34. The van der Waals surface area contributed by atoms with Crippen LogP contribution < -0.4 is 16.4 Å². The molecule has 18 heavy (non-hydrogen) atoms. The third kappa shape index (κ3) is 4.25. The van der Waals surface area contributed by atoms with E-state index in [9.17, 15) is 9.59 Å². The Labute approximate surface area is 129 Å². The lowest BCUT2D eigenvalue weighted by Crippen LogP contribution is -2.43. The quantitative estimate of drug-likeness (QED) is 0.671. The molecule has 1 aromatic carbocycles. The number of hydrogen-bond donors (Lipinski definition) is 3. The van der Waals surface area contributed by atoms with Gasteiger partial charge in [0, 0.05) is 13.4 Å². The van der Waals surface area contributed by atoms with Crippen molar-refractivity contribution in [2.75, 3.05) is 5.32 Å². The number of carbonyl (C=O) groups is 2. The first-order chi connectivity index (χ1) is 8.31. The second-order valence-electron chi connectivity index (χ2n) is 3.46. The summed E-state index contributed by atoms with van der Waals surface area (Å²) in [6.45, 7) is 1.62. The van der Waals surface area contributed by atoms with Crippen molar-refractivity contribution in [3.8, 4) is 0 Å². The molecule has 0 spiro atoms. The third-order valence-corrected chi connectivity index (χ3v) is 3.72. The normalized spacial score (nSPS) is 11.8. The topological polar surface area (TPSA) is 84.2 Å². The summed E-state index contributed by atoms with van der Waals surface area (Å²) in [6.07, 6.45) is 0. The second kappa shape index (κ2) is 6.53. The maximum Gasteiger partial charge on any atom is 0.318 e. The van der Waals surface area contributed by atoms with Gasteiger partial charge in [-0.15, -0.1) is 0 Å². The van der Waals surface area contributed by atoms with E-state index < -0.39 is 18.0 Å². The molecule has 0 aromatic heterocycles. The smallest absolute Gasteiger partial charge is 0.318 e. The highest BCUT2D eigenvalue weighted by atomic mass is 79.9. The number of rotatable bonds is 3. The van der Waals surface area contributed by atoms with E-state index in [-0.39, 0.29) is 0 Å². The molecule has 0 saturated carbocycles. The molecule has 98 valence electrons. The van der Waals surface area contributed by atoms with Crippen LogP contribution in [0.5, 0.6) is 0 Å². The maximum atomic E-state index is 11.5. The van der Waals surface area contributed by atoms with Crippen LogP contribution in [0.1, 0.15) is 6.92 Å². The first kappa shape index (κ1) is 15.5. The van der Waals surface area contributed by atoms with E-state index in [1.54, 1.807) is 6.92 Å². The molecule has 0 aliphatic carbocycles. The summed E-state index contributed by atoms with van der Waals surface area (Å²) in [7, 11) is 0. The SMILES string of the molecule is CC(Nc1c(Br)cc(Br)cc1Br)C(=O)NC(N)=O. The summed E-state index contributed by atoms with van der Waals surface area (Å²) in [5.41, 5.74) is 5.59. The number of imide groups is 1. The van der Waals surface area contributed by atoms with Gasteiger partial charge in [-0.25, -0.2) is 4.79 Å². The number of anilines is 1. The van der Waals surface area contributed by atoms with Crippen LogP contribution in [-0.2, 0) is 4.79 Å². The molecule has 1 unspecified atom stereocenters. The van der Waals surface area contributed by atoms with E-state index in [0.717, 1.165) is 13.4 Å². The number of amides is 3. The number of nitrogens with two attached hydrogens (primary N) is 1. The molecule has 5 nitrogen and oxygen atoms in total. The minimum Gasteiger partial charge on any atom is -0.372 e. The van der Waals surface area contributed by atoms with Gasteiger partial charge in [0.2, 0.25) is 5.91 Å². The molecule has 0 aliphatic heterocycles. The van der Waals surface area contributed by atoms with Gasteiger partial charge in [0.25, 0.3) is 0 Å². The van der Waals surface area contributed by atoms with Gasteiger partial charge in [0.15, 0.2) is 0 Å². The molecule has 4 N–H and O–H groups in total. The van der Waals surface area contributed by atoms with E-state index in [2.05, 4.69) is 53.1 Å². The van der Waals surface area contributed by atoms with E-state index in [1.807, 2.05) is 17.4 Å². The maximum absolute atomic E-state index is 11.5. The Morgan fingerprint density at radius 1 is 1.22 bits per heavy atom. The Balaban J connectivity index is 2.85. The largest absolute Gasteiger partial charge is 0.372 e. The molecule has 0 bridgehead atoms. The molecule has 1 atom stereocenters. The lowest BCUT2D eigenvalue weighted by atomic mass is 10.2. The number of hydrogen-bond acceptors (Lipinski definition) is 3. The van der Waals surface area contributed by atoms with E-state index in [4.69, 9.17) is 5.73 Å². The minimum atomic E-state index is -0.873. The average molecular weight is 444 g/mol. The summed E-state index contributed by atoms with van der Waals surface area (Å²) in [4.78, 5) is 22.1. The Bertz CT molecular complexity index is 470. The van der Waals surface area contributed by atoms with Crippen LogP contribution >= 0.6 is 47.8 Å². The molecular formula is C10H10Br3N3O2. The van der Waals surface area contributed by atoms with Crippen molar-refractivity contribution in [1.29, 1.82) is 0 Å². The summed E-state index contributed by atoms with van der Waals surface area (Å²) in [5, 5.41) is 4.99. The molecule has 0 saturated heterocycles. The van der Waals surface area contributed by atoms with Gasteiger partial charge in [-0.3, -0.25) is 10.1 Å². The number of halogens is 3. The van der Waals surface area contributed by atoms with Gasteiger partial charge in [-0.05, 0) is 50.9 Å². The molecule has 0 radical (unpaired) electrons. The first-order valence-electron chi connectivity index (χ1n) is 4.82. The number of nitrogens with one attached hydrogen (secondary N) is 2. The Morgan fingerprint density at radius 2 is 1.72 bits per heavy atom. The highest BCUT2D eigenvalue weighted by Gasteiger charge is 2.17. The fraction of sp³-hybridized carbons (Fsp3) is 0.200. The van der Waals surface area contributed by atoms with E-state index in [0.29, 0.717) is 5.69 Å². The van der Waals surface area contributed by atoms with Crippen LogP contribution in [0.2, 0.25) is 0 Å². The summed E-state index contributed by atoms with van der Waals surface area (Å²) < 4.78 is 2.45. The van der Waals surface area contributed by atoms with Crippen molar-refractivity contribution < 1.29 is 9.59 Å². The first-order valence-corrected chi connectivity index (χ1v) is 7.20. The molecule has 3 amide bonds. The Kier molecular flexibility index (Phi) is 5.61. The van der Waals surface area contributed by atoms with Crippen LogP contribution in [0.15, 0.2) is 25.6 Å². The predicted molar refractivity (Wildman–Crippen MR) is 80.4 cm³/mol. The molecule has 0 fully saturated rings. The predicted octanol–water partition coefficient (Wildman–Crippen LogP) is 2.97. The lowest BCUT2D eigenvalue weighted by Gasteiger charge is -2.16. The lowest BCUT2D eigenvalue weighted by molar-refractivity contribution is -0.120. The fourth-order valence-corrected chi connectivity index (χ4v) is 3.68. The summed E-state index contributed by atoms with van der Waals surface area (Å²) >= 11 is 10.1. The standard InChI is InChI=1S/C10H10Br3N3O2/c1-4(9(17)16-10(14)18)15-8-6(12)2-5(11)3-7(8)13/h2-4,15H,1H3,(H3,14,16,17,18). The molecule has 8 heteroatoms. The number of primary amides is 1. The van der Waals surface area contributed by atoms with Crippen LogP contribution in [0.25, 0.3) is 0 Å². The van der Waals surface area contributed by atoms with Gasteiger partial charge in [0.1, 0.15) is 6.04 Å². The van der Waals surface area contributed by atoms with Gasteiger partial charge in [-0.2, -0.15) is 0 Å². The van der Waals surface area contributed by atoms with Crippen molar-refractivity contribution in [1.82, 2.24) is 5.32 Å². The van der Waals surface area contributed by atoms with Gasteiger partial charge in [0.05, 0.1) is 5.69 Å². The van der Waals surface area contributed by atoms with Crippen molar-refractivity contribution >= 4 is 65.4 Å². The number of urea groups is 1. The van der Waals surface area contributed by atoms with Gasteiger partial charge >= 0.3 is 6.03 Å². The van der Waals surface area contributed by atoms with E-state index in [1.165, 1.54) is 0 Å². The zero-order valence-electron chi connectivity index (χ0n) is 9.26. The minimum absolute atomic E-state index is 0.496. The van der Waals surface area contributed by atoms with Crippen molar-refractivity contribution in [3.05, 3.63) is 25.6 Å². The van der Waals surface area contributed by atoms with Crippen molar-refractivity contribution in [3.63, 3.8) is 0 Å². The van der Waals surface area contributed by atoms with E-state index >= 15 is 0 Å². The third-order valence-electron chi connectivity index (χ3n) is 2.01. The Morgan fingerprint density at radius 3 is 2.17 bits per heavy atom.